The predicted octanol–water partition coefficient (Wildman–Crippen LogP) is 4.13. The minimum atomic E-state index is 0.159. The Morgan fingerprint density at radius 2 is 2.00 bits per heavy atom. The van der Waals surface area contributed by atoms with Gasteiger partial charge in [-0.05, 0) is 49.0 Å². The summed E-state index contributed by atoms with van der Waals surface area (Å²) in [4.78, 5) is 0. The van der Waals surface area contributed by atoms with Crippen LogP contribution in [0.5, 0.6) is 5.75 Å². The van der Waals surface area contributed by atoms with Crippen molar-refractivity contribution in [3.8, 4) is 5.75 Å². The van der Waals surface area contributed by atoms with Crippen LogP contribution in [0.25, 0.3) is 0 Å². The number of methoxy groups -OCH3 is 1. The molecule has 0 saturated heterocycles. The highest BCUT2D eigenvalue weighted by molar-refractivity contribution is 9.10. The van der Waals surface area contributed by atoms with Crippen molar-refractivity contribution >= 4 is 15.9 Å². The first-order chi connectivity index (χ1) is 8.51. The van der Waals surface area contributed by atoms with Gasteiger partial charge in [-0.2, -0.15) is 0 Å². The summed E-state index contributed by atoms with van der Waals surface area (Å²) < 4.78 is 6.36. The van der Waals surface area contributed by atoms with Crippen molar-refractivity contribution in [3.63, 3.8) is 0 Å². The van der Waals surface area contributed by atoms with Crippen LogP contribution in [0.3, 0.4) is 0 Å². The van der Waals surface area contributed by atoms with Gasteiger partial charge in [-0.25, -0.2) is 0 Å². The van der Waals surface area contributed by atoms with Gasteiger partial charge in [-0.1, -0.05) is 42.8 Å². The number of hydrogen-bond acceptors (Lipinski definition) is 2. The van der Waals surface area contributed by atoms with Crippen LogP contribution in [-0.4, -0.2) is 20.2 Å². The van der Waals surface area contributed by atoms with E-state index in [9.17, 15) is 0 Å². The zero-order valence-electron chi connectivity index (χ0n) is 11.8. The number of benzene rings is 1. The lowest BCUT2D eigenvalue weighted by atomic mass is 9.81. The third-order valence-electron chi connectivity index (χ3n) is 3.26. The molecule has 0 radical (unpaired) electrons. The van der Waals surface area contributed by atoms with Crippen molar-refractivity contribution in [2.24, 2.45) is 0 Å². The maximum atomic E-state index is 5.23. The Balaban J connectivity index is 2.71. The second-order valence-corrected chi connectivity index (χ2v) is 6.08. The Bertz CT molecular complexity index is 377. The summed E-state index contributed by atoms with van der Waals surface area (Å²) in [6.07, 6.45) is 2.31. The molecule has 0 unspecified atom stereocenters. The Hall–Kier alpha value is -0.540. The molecule has 0 bridgehead atoms. The van der Waals surface area contributed by atoms with Crippen molar-refractivity contribution in [3.05, 3.63) is 28.2 Å². The summed E-state index contributed by atoms with van der Waals surface area (Å²) in [5.41, 5.74) is 1.49. The molecule has 3 heteroatoms. The SMILES string of the molecule is CCCNCCC(C)(C)c1ccc(OC)cc1Br. The molecule has 0 aliphatic rings. The smallest absolute Gasteiger partial charge is 0.120 e. The summed E-state index contributed by atoms with van der Waals surface area (Å²) in [7, 11) is 1.70. The fourth-order valence-corrected chi connectivity index (χ4v) is 2.90. The fourth-order valence-electron chi connectivity index (χ4n) is 2.01. The first-order valence-electron chi connectivity index (χ1n) is 6.56. The van der Waals surface area contributed by atoms with Crippen LogP contribution in [0.15, 0.2) is 22.7 Å². The summed E-state index contributed by atoms with van der Waals surface area (Å²) >= 11 is 3.65. The van der Waals surface area contributed by atoms with Crippen molar-refractivity contribution in [1.82, 2.24) is 5.32 Å². The molecule has 18 heavy (non-hydrogen) atoms. The van der Waals surface area contributed by atoms with Crippen LogP contribution in [0, 0.1) is 0 Å². The van der Waals surface area contributed by atoms with Gasteiger partial charge in [0.05, 0.1) is 7.11 Å². The molecule has 0 heterocycles. The third-order valence-corrected chi connectivity index (χ3v) is 3.92. The topological polar surface area (TPSA) is 21.3 Å². The third kappa shape index (κ3) is 4.29. The molecule has 1 aromatic carbocycles. The normalized spacial score (nSPS) is 11.6. The molecule has 0 aliphatic carbocycles. The van der Waals surface area contributed by atoms with E-state index in [0.29, 0.717) is 0 Å². The van der Waals surface area contributed by atoms with Crippen LogP contribution in [-0.2, 0) is 5.41 Å². The lowest BCUT2D eigenvalue weighted by molar-refractivity contribution is 0.412. The monoisotopic (exact) mass is 313 g/mol. The molecule has 1 rings (SSSR count). The van der Waals surface area contributed by atoms with Crippen molar-refractivity contribution in [2.45, 2.75) is 39.0 Å². The number of nitrogens with one attached hydrogen (secondary N) is 1. The number of rotatable bonds is 7. The second kappa shape index (κ2) is 7.15. The molecule has 102 valence electrons. The van der Waals surface area contributed by atoms with E-state index in [0.717, 1.165) is 29.7 Å². The van der Waals surface area contributed by atoms with E-state index in [4.69, 9.17) is 4.74 Å². The zero-order valence-corrected chi connectivity index (χ0v) is 13.4. The van der Waals surface area contributed by atoms with E-state index in [1.165, 1.54) is 12.0 Å². The molecule has 0 spiro atoms. The first-order valence-corrected chi connectivity index (χ1v) is 7.35. The lowest BCUT2D eigenvalue weighted by Crippen LogP contribution is -2.26. The van der Waals surface area contributed by atoms with Gasteiger partial charge in [0.2, 0.25) is 0 Å². The van der Waals surface area contributed by atoms with Crippen LogP contribution in [0.4, 0.5) is 0 Å². The number of ether oxygens (including phenoxy) is 1. The van der Waals surface area contributed by atoms with E-state index in [2.05, 4.69) is 48.1 Å². The number of halogens is 1. The maximum Gasteiger partial charge on any atom is 0.120 e. The van der Waals surface area contributed by atoms with Crippen molar-refractivity contribution in [1.29, 1.82) is 0 Å². The van der Waals surface area contributed by atoms with Gasteiger partial charge in [0, 0.05) is 4.47 Å². The molecular formula is C15H24BrNO. The van der Waals surface area contributed by atoms with Crippen LogP contribution in [0.2, 0.25) is 0 Å². The van der Waals surface area contributed by atoms with Gasteiger partial charge in [-0.15, -0.1) is 0 Å². The van der Waals surface area contributed by atoms with Crippen molar-refractivity contribution < 1.29 is 4.74 Å². The number of hydrogen-bond donors (Lipinski definition) is 1. The first kappa shape index (κ1) is 15.5. The maximum absolute atomic E-state index is 5.23. The van der Waals surface area contributed by atoms with E-state index in [-0.39, 0.29) is 5.41 Å². The minimum absolute atomic E-state index is 0.159. The summed E-state index contributed by atoms with van der Waals surface area (Å²) in [6, 6.07) is 6.22. The molecule has 0 fully saturated rings. The fraction of sp³-hybridized carbons (Fsp3) is 0.600. The molecule has 0 saturated carbocycles. The Morgan fingerprint density at radius 3 is 2.56 bits per heavy atom. The van der Waals surface area contributed by atoms with Crippen LogP contribution >= 0.6 is 15.9 Å². The summed E-state index contributed by atoms with van der Waals surface area (Å²) in [5.74, 6) is 0.894. The Morgan fingerprint density at radius 1 is 1.28 bits per heavy atom. The predicted molar refractivity (Wildman–Crippen MR) is 81.5 cm³/mol. The van der Waals surface area contributed by atoms with Gasteiger partial charge < -0.3 is 10.1 Å². The molecule has 0 aromatic heterocycles. The van der Waals surface area contributed by atoms with Crippen molar-refractivity contribution in [2.75, 3.05) is 20.2 Å². The summed E-state index contributed by atoms with van der Waals surface area (Å²) in [5, 5.41) is 3.46. The van der Waals surface area contributed by atoms with Gasteiger partial charge in [0.15, 0.2) is 0 Å². The second-order valence-electron chi connectivity index (χ2n) is 5.23. The largest absolute Gasteiger partial charge is 0.497 e. The van der Waals surface area contributed by atoms with E-state index in [1.54, 1.807) is 7.11 Å². The van der Waals surface area contributed by atoms with E-state index < -0.39 is 0 Å². The van der Waals surface area contributed by atoms with Gasteiger partial charge in [0.25, 0.3) is 0 Å². The highest BCUT2D eigenvalue weighted by atomic mass is 79.9. The van der Waals surface area contributed by atoms with Gasteiger partial charge >= 0.3 is 0 Å². The van der Waals surface area contributed by atoms with E-state index >= 15 is 0 Å². The Labute approximate surface area is 119 Å². The van der Waals surface area contributed by atoms with Crippen LogP contribution < -0.4 is 10.1 Å². The quantitative estimate of drug-likeness (QED) is 0.764. The zero-order chi connectivity index (χ0) is 13.6. The highest BCUT2D eigenvalue weighted by Crippen LogP contribution is 2.34. The molecule has 1 aromatic rings. The molecule has 0 atom stereocenters. The average Bonchev–Trinajstić information content (AvgIpc) is 2.34. The average molecular weight is 314 g/mol. The molecule has 0 amide bonds. The molecular weight excluding hydrogens is 290 g/mol. The minimum Gasteiger partial charge on any atom is -0.497 e. The molecule has 0 aliphatic heterocycles. The van der Waals surface area contributed by atoms with E-state index in [1.807, 2.05) is 12.1 Å². The van der Waals surface area contributed by atoms with Crippen LogP contribution in [0.1, 0.15) is 39.2 Å². The lowest BCUT2D eigenvalue weighted by Gasteiger charge is -2.27. The molecule has 2 nitrogen and oxygen atoms in total. The van der Waals surface area contributed by atoms with Gasteiger partial charge in [0.1, 0.15) is 5.75 Å². The summed E-state index contributed by atoms with van der Waals surface area (Å²) in [6.45, 7) is 8.91. The Kier molecular flexibility index (Phi) is 6.16. The highest BCUT2D eigenvalue weighted by Gasteiger charge is 2.22. The standard InChI is InChI=1S/C15H24BrNO/c1-5-9-17-10-8-15(2,3)13-7-6-12(18-4)11-14(13)16/h6-7,11,17H,5,8-10H2,1-4H3. The molecule has 1 N–H and O–H groups in total. The van der Waals surface area contributed by atoms with Gasteiger partial charge in [-0.3, -0.25) is 0 Å².